The van der Waals surface area contributed by atoms with Gasteiger partial charge < -0.3 is 10.1 Å². The van der Waals surface area contributed by atoms with Gasteiger partial charge in [0.25, 0.3) is 5.56 Å². The normalized spacial score (nSPS) is 16.5. The first kappa shape index (κ1) is 16.6. The summed E-state index contributed by atoms with van der Waals surface area (Å²) >= 11 is 1.58. The van der Waals surface area contributed by atoms with Gasteiger partial charge in [-0.05, 0) is 32.3 Å². The lowest BCUT2D eigenvalue weighted by Crippen LogP contribution is -2.39. The minimum atomic E-state index is -0.0422. The second kappa shape index (κ2) is 7.11. The van der Waals surface area contributed by atoms with Crippen molar-refractivity contribution >= 4 is 21.6 Å². The van der Waals surface area contributed by atoms with Crippen molar-refractivity contribution in [3.8, 4) is 0 Å². The summed E-state index contributed by atoms with van der Waals surface area (Å²) in [7, 11) is 0. The summed E-state index contributed by atoms with van der Waals surface area (Å²) in [5.74, 6) is 0.711. The van der Waals surface area contributed by atoms with Crippen LogP contribution < -0.4 is 5.56 Å². The van der Waals surface area contributed by atoms with Gasteiger partial charge in [0.1, 0.15) is 10.7 Å². The minimum absolute atomic E-state index is 0.0422. The lowest BCUT2D eigenvalue weighted by Gasteiger charge is -2.33. The van der Waals surface area contributed by atoms with Crippen LogP contribution in [0.3, 0.4) is 0 Å². The molecule has 3 rings (SSSR count). The summed E-state index contributed by atoms with van der Waals surface area (Å²) < 4.78 is 0. The van der Waals surface area contributed by atoms with E-state index < -0.39 is 0 Å². The molecule has 0 aliphatic heterocycles. The molecule has 2 N–H and O–H groups in total. The Labute approximate surface area is 140 Å². The maximum absolute atomic E-state index is 12.4. The van der Waals surface area contributed by atoms with Crippen LogP contribution in [-0.2, 0) is 6.54 Å². The lowest BCUT2D eigenvalue weighted by molar-refractivity contribution is 0.114. The molecular weight excluding hydrogens is 310 g/mol. The van der Waals surface area contributed by atoms with Gasteiger partial charge in [0.2, 0.25) is 0 Å². The van der Waals surface area contributed by atoms with E-state index in [1.54, 1.807) is 11.3 Å². The highest BCUT2D eigenvalue weighted by Crippen LogP contribution is 2.27. The molecule has 23 heavy (non-hydrogen) atoms. The molecular formula is C17H25N3O2S. The van der Waals surface area contributed by atoms with E-state index >= 15 is 0 Å². The number of H-pyrrole nitrogens is 1. The van der Waals surface area contributed by atoms with E-state index in [-0.39, 0.29) is 12.2 Å². The van der Waals surface area contributed by atoms with Crippen LogP contribution in [0.4, 0.5) is 0 Å². The van der Waals surface area contributed by atoms with Gasteiger partial charge in [0.15, 0.2) is 0 Å². The number of aliphatic hydroxyl groups excluding tert-OH is 1. The van der Waals surface area contributed by atoms with Gasteiger partial charge in [-0.3, -0.25) is 9.69 Å². The fraction of sp³-hybridized carbons (Fsp3) is 0.647. The molecule has 6 heteroatoms. The van der Waals surface area contributed by atoms with Crippen LogP contribution in [0.25, 0.3) is 10.2 Å². The Morgan fingerprint density at radius 3 is 2.74 bits per heavy atom. The van der Waals surface area contributed by atoms with Gasteiger partial charge in [-0.2, -0.15) is 0 Å². The van der Waals surface area contributed by atoms with Gasteiger partial charge in [0.05, 0.1) is 18.5 Å². The molecule has 0 amide bonds. The zero-order valence-corrected chi connectivity index (χ0v) is 14.7. The van der Waals surface area contributed by atoms with Crippen molar-refractivity contribution in [3.63, 3.8) is 0 Å². The van der Waals surface area contributed by atoms with Crippen LogP contribution in [0, 0.1) is 13.8 Å². The molecule has 0 aromatic carbocycles. The van der Waals surface area contributed by atoms with Gasteiger partial charge in [0, 0.05) is 17.5 Å². The van der Waals surface area contributed by atoms with Crippen molar-refractivity contribution in [1.82, 2.24) is 14.9 Å². The number of aryl methyl sites for hydroxylation is 2. The lowest BCUT2D eigenvalue weighted by atomic mass is 9.94. The number of nitrogens with one attached hydrogen (secondary N) is 1. The van der Waals surface area contributed by atoms with E-state index in [9.17, 15) is 9.90 Å². The standard InChI is InChI=1S/C17H25N3O2S/c1-11-12(2)23-17-15(11)16(22)18-14(19-17)10-20(8-9-21)13-6-4-3-5-7-13/h13,21H,3-10H2,1-2H3,(H,18,19,22). The molecule has 1 saturated carbocycles. The number of aromatic nitrogens is 2. The van der Waals surface area contributed by atoms with Crippen LogP contribution in [0.5, 0.6) is 0 Å². The third-order valence-electron chi connectivity index (χ3n) is 4.92. The molecule has 0 unspecified atom stereocenters. The van der Waals surface area contributed by atoms with E-state index in [1.807, 2.05) is 13.8 Å². The third-order valence-corrected chi connectivity index (χ3v) is 6.02. The molecule has 1 aliphatic carbocycles. The van der Waals surface area contributed by atoms with Gasteiger partial charge in [-0.15, -0.1) is 11.3 Å². The van der Waals surface area contributed by atoms with E-state index in [0.717, 1.165) is 20.7 Å². The average molecular weight is 335 g/mol. The highest BCUT2D eigenvalue weighted by molar-refractivity contribution is 7.18. The summed E-state index contributed by atoms with van der Waals surface area (Å²) in [6.07, 6.45) is 6.14. The topological polar surface area (TPSA) is 69.2 Å². The predicted octanol–water partition coefficient (Wildman–Crippen LogP) is 2.73. The van der Waals surface area contributed by atoms with E-state index in [2.05, 4.69) is 14.9 Å². The Balaban J connectivity index is 1.87. The first-order chi connectivity index (χ1) is 11.1. The molecule has 1 aliphatic rings. The average Bonchev–Trinajstić information content (AvgIpc) is 2.83. The summed E-state index contributed by atoms with van der Waals surface area (Å²) in [6.45, 7) is 5.38. The summed E-state index contributed by atoms with van der Waals surface area (Å²) in [4.78, 5) is 24.3. The van der Waals surface area contributed by atoms with E-state index in [4.69, 9.17) is 0 Å². The number of rotatable bonds is 5. The second-order valence-corrected chi connectivity index (χ2v) is 7.67. The number of thiophene rings is 1. The van der Waals surface area contributed by atoms with Gasteiger partial charge >= 0.3 is 0 Å². The van der Waals surface area contributed by atoms with Crippen molar-refractivity contribution < 1.29 is 5.11 Å². The smallest absolute Gasteiger partial charge is 0.259 e. The minimum Gasteiger partial charge on any atom is -0.395 e. The molecule has 0 spiro atoms. The molecule has 0 saturated heterocycles. The van der Waals surface area contributed by atoms with Crippen molar-refractivity contribution in [2.45, 2.75) is 58.5 Å². The van der Waals surface area contributed by atoms with Crippen LogP contribution in [0.15, 0.2) is 4.79 Å². The number of nitrogens with zero attached hydrogens (tertiary/aromatic N) is 2. The first-order valence-corrected chi connectivity index (χ1v) is 9.25. The zero-order chi connectivity index (χ0) is 16.4. The SMILES string of the molecule is Cc1sc2nc(CN(CCO)C3CCCCC3)[nH]c(=O)c2c1C. The maximum Gasteiger partial charge on any atom is 0.259 e. The molecule has 126 valence electrons. The molecule has 2 heterocycles. The fourth-order valence-corrected chi connectivity index (χ4v) is 4.58. The van der Waals surface area contributed by atoms with Crippen LogP contribution >= 0.6 is 11.3 Å². The van der Waals surface area contributed by atoms with Crippen molar-refractivity contribution in [2.24, 2.45) is 0 Å². The van der Waals surface area contributed by atoms with Gasteiger partial charge in [-0.25, -0.2) is 4.98 Å². The van der Waals surface area contributed by atoms with Gasteiger partial charge in [-0.1, -0.05) is 19.3 Å². The summed E-state index contributed by atoms with van der Waals surface area (Å²) in [5.41, 5.74) is 0.990. The highest BCUT2D eigenvalue weighted by atomic mass is 32.1. The Hall–Kier alpha value is -1.24. The monoisotopic (exact) mass is 335 g/mol. The molecule has 0 radical (unpaired) electrons. The Kier molecular flexibility index (Phi) is 5.14. The largest absolute Gasteiger partial charge is 0.395 e. The van der Waals surface area contributed by atoms with Crippen LogP contribution in [0.2, 0.25) is 0 Å². The van der Waals surface area contributed by atoms with E-state index in [0.29, 0.717) is 25.0 Å². The van der Waals surface area contributed by atoms with Crippen LogP contribution in [0.1, 0.15) is 48.4 Å². The number of hydrogen-bond acceptors (Lipinski definition) is 5. The molecule has 2 aromatic heterocycles. The fourth-order valence-electron chi connectivity index (χ4n) is 3.53. The Morgan fingerprint density at radius 1 is 1.30 bits per heavy atom. The molecule has 5 nitrogen and oxygen atoms in total. The van der Waals surface area contributed by atoms with Crippen LogP contribution in [-0.4, -0.2) is 39.2 Å². The number of hydrogen-bond donors (Lipinski definition) is 2. The number of aliphatic hydroxyl groups is 1. The quantitative estimate of drug-likeness (QED) is 0.881. The number of aromatic amines is 1. The predicted molar refractivity (Wildman–Crippen MR) is 94.1 cm³/mol. The molecule has 0 bridgehead atoms. The van der Waals surface area contributed by atoms with Crippen molar-refractivity contribution in [3.05, 3.63) is 26.6 Å². The molecule has 1 fully saturated rings. The first-order valence-electron chi connectivity index (χ1n) is 8.44. The molecule has 2 aromatic rings. The van der Waals surface area contributed by atoms with Crippen molar-refractivity contribution in [1.29, 1.82) is 0 Å². The highest BCUT2D eigenvalue weighted by Gasteiger charge is 2.22. The second-order valence-electron chi connectivity index (χ2n) is 6.46. The maximum atomic E-state index is 12.4. The summed E-state index contributed by atoms with van der Waals surface area (Å²) in [6, 6.07) is 0.490. The Bertz CT molecular complexity index is 731. The van der Waals surface area contributed by atoms with E-state index in [1.165, 1.54) is 32.1 Å². The zero-order valence-electron chi connectivity index (χ0n) is 13.9. The Morgan fingerprint density at radius 2 is 2.04 bits per heavy atom. The third kappa shape index (κ3) is 3.49. The summed E-state index contributed by atoms with van der Waals surface area (Å²) in [5, 5.41) is 10.1. The molecule has 0 atom stereocenters. The van der Waals surface area contributed by atoms with Crippen molar-refractivity contribution in [2.75, 3.05) is 13.2 Å². The number of fused-ring (bicyclic) bond motifs is 1.